The molecule has 1 unspecified atom stereocenters. The Morgan fingerprint density at radius 1 is 1.37 bits per heavy atom. The van der Waals surface area contributed by atoms with E-state index in [-0.39, 0.29) is 12.4 Å². The molecule has 0 rings (SSSR count). The summed E-state index contributed by atoms with van der Waals surface area (Å²) in [7, 11) is 0. The van der Waals surface area contributed by atoms with Crippen molar-refractivity contribution in [3.05, 3.63) is 24.8 Å². The Kier molecular flexibility index (Phi) is 6.89. The van der Waals surface area contributed by atoms with Crippen LogP contribution in [0.2, 0.25) is 0 Å². The number of esters is 1. The number of halogens is 3. The Morgan fingerprint density at radius 3 is 2.32 bits per heavy atom. The van der Waals surface area contributed by atoms with Crippen molar-refractivity contribution >= 4 is 23.5 Å². The Labute approximate surface area is 113 Å². The number of rotatable bonds is 7. The quantitative estimate of drug-likeness (QED) is 0.411. The molecule has 0 aliphatic carbocycles. The predicted molar refractivity (Wildman–Crippen MR) is 67.9 cm³/mol. The summed E-state index contributed by atoms with van der Waals surface area (Å²) in [4.78, 5) is 23.4. The second-order valence-electron chi connectivity index (χ2n) is 3.38. The third-order valence-corrected chi connectivity index (χ3v) is 3.35. The van der Waals surface area contributed by atoms with Gasteiger partial charge >= 0.3 is 12.1 Å². The molecule has 0 aromatic rings. The Hall–Kier alpha value is -1.24. The highest BCUT2D eigenvalue weighted by atomic mass is 32.2. The molecule has 0 aliphatic rings. The Balaban J connectivity index is 5.68. The van der Waals surface area contributed by atoms with E-state index in [0.29, 0.717) is 11.8 Å². The minimum Gasteiger partial charge on any atom is -0.464 e. The minimum absolute atomic E-state index is 0.00493. The van der Waals surface area contributed by atoms with E-state index < -0.39 is 22.7 Å². The lowest BCUT2D eigenvalue weighted by molar-refractivity contribution is -0.176. The molecule has 0 aromatic heterocycles. The van der Waals surface area contributed by atoms with Gasteiger partial charge in [0.15, 0.2) is 4.75 Å². The maximum absolute atomic E-state index is 12.7. The average Bonchev–Trinajstić information content (AvgIpc) is 2.32. The van der Waals surface area contributed by atoms with Gasteiger partial charge in [0.05, 0.1) is 6.61 Å². The van der Waals surface area contributed by atoms with Gasteiger partial charge in [-0.15, -0.1) is 18.3 Å². The second kappa shape index (κ2) is 7.37. The fourth-order valence-electron chi connectivity index (χ4n) is 1.28. The lowest BCUT2D eigenvalue weighted by Gasteiger charge is -2.26. The van der Waals surface area contributed by atoms with Gasteiger partial charge < -0.3 is 4.74 Å². The summed E-state index contributed by atoms with van der Waals surface area (Å²) in [5, 5.41) is 0. The lowest BCUT2D eigenvalue weighted by atomic mass is 10.0. The first-order chi connectivity index (χ1) is 8.76. The molecule has 0 amide bonds. The third-order valence-electron chi connectivity index (χ3n) is 2.00. The smallest absolute Gasteiger partial charge is 0.452 e. The number of allylic oxidation sites excluding steroid dienone is 1. The van der Waals surface area contributed by atoms with Crippen molar-refractivity contribution < 1.29 is 27.5 Å². The number of ketones is 1. The van der Waals surface area contributed by atoms with Crippen LogP contribution < -0.4 is 0 Å². The Morgan fingerprint density at radius 2 is 1.95 bits per heavy atom. The van der Waals surface area contributed by atoms with E-state index in [2.05, 4.69) is 11.3 Å². The molecule has 0 saturated heterocycles. The lowest BCUT2D eigenvalue weighted by Crippen LogP contribution is -2.50. The van der Waals surface area contributed by atoms with Crippen molar-refractivity contribution in [2.75, 3.05) is 12.4 Å². The van der Waals surface area contributed by atoms with Crippen molar-refractivity contribution in [2.45, 2.75) is 24.8 Å². The summed E-state index contributed by atoms with van der Waals surface area (Å²) < 4.78 is 40.2. The summed E-state index contributed by atoms with van der Waals surface area (Å²) in [6.07, 6.45) is -1.68. The molecule has 0 fully saturated rings. The van der Waals surface area contributed by atoms with Crippen molar-refractivity contribution in [1.29, 1.82) is 0 Å². The zero-order chi connectivity index (χ0) is 15.1. The van der Waals surface area contributed by atoms with Gasteiger partial charge in [0.2, 0.25) is 0 Å². The molecule has 0 radical (unpaired) electrons. The molecule has 0 saturated carbocycles. The van der Waals surface area contributed by atoms with Gasteiger partial charge in [-0.25, -0.2) is 4.79 Å². The molecule has 3 nitrogen and oxygen atoms in total. The molecule has 0 aromatic carbocycles. The number of carbonyl (C=O) groups excluding carboxylic acids is 2. The topological polar surface area (TPSA) is 43.4 Å². The number of ether oxygens (including phenoxy) is 1. The zero-order valence-corrected chi connectivity index (χ0v) is 11.4. The maximum atomic E-state index is 12.7. The van der Waals surface area contributed by atoms with Crippen LogP contribution in [0.25, 0.3) is 0 Å². The van der Waals surface area contributed by atoms with E-state index in [1.54, 1.807) is 0 Å². The summed E-state index contributed by atoms with van der Waals surface area (Å²) in [6.45, 7) is 6.12. The first-order valence-electron chi connectivity index (χ1n) is 5.43. The van der Waals surface area contributed by atoms with E-state index in [4.69, 9.17) is 0 Å². The van der Waals surface area contributed by atoms with Crippen LogP contribution in [0.3, 0.4) is 0 Å². The van der Waals surface area contributed by atoms with E-state index in [0.717, 1.165) is 6.08 Å². The highest BCUT2D eigenvalue weighted by Gasteiger charge is 2.57. The normalized spacial score (nSPS) is 15.0. The zero-order valence-electron chi connectivity index (χ0n) is 10.6. The van der Waals surface area contributed by atoms with Crippen LogP contribution in [-0.4, -0.2) is 35.0 Å². The first-order valence-corrected chi connectivity index (χ1v) is 6.42. The second-order valence-corrected chi connectivity index (χ2v) is 4.65. The van der Waals surface area contributed by atoms with E-state index in [9.17, 15) is 22.8 Å². The van der Waals surface area contributed by atoms with Gasteiger partial charge in [0.25, 0.3) is 5.78 Å². The van der Waals surface area contributed by atoms with E-state index in [1.165, 1.54) is 26.0 Å². The average molecular weight is 296 g/mol. The molecule has 1 atom stereocenters. The SMILES string of the molecule is C=CCSC(/C=C/C)(C(=O)OCC)C(=O)C(F)(F)F. The van der Waals surface area contributed by atoms with Gasteiger partial charge in [0, 0.05) is 5.75 Å². The number of hydrogen-bond acceptors (Lipinski definition) is 4. The molecule has 0 heterocycles. The van der Waals surface area contributed by atoms with Crippen molar-refractivity contribution in [2.24, 2.45) is 0 Å². The van der Waals surface area contributed by atoms with Crippen molar-refractivity contribution in [3.8, 4) is 0 Å². The van der Waals surface area contributed by atoms with Gasteiger partial charge in [0.1, 0.15) is 0 Å². The molecule has 19 heavy (non-hydrogen) atoms. The molecule has 0 aliphatic heterocycles. The number of thioether (sulfide) groups is 1. The number of Topliss-reactive ketones (excluding diaryl/α,β-unsaturated/α-hetero) is 1. The minimum atomic E-state index is -5.12. The van der Waals surface area contributed by atoms with Crippen LogP contribution >= 0.6 is 11.8 Å². The van der Waals surface area contributed by atoms with Crippen molar-refractivity contribution in [3.63, 3.8) is 0 Å². The number of carbonyl (C=O) groups is 2. The van der Waals surface area contributed by atoms with Crippen LogP contribution in [-0.2, 0) is 14.3 Å². The molecule has 108 valence electrons. The van der Waals surface area contributed by atoms with Crippen LogP contribution in [0.15, 0.2) is 24.8 Å². The Bertz CT molecular complexity index is 377. The van der Waals surface area contributed by atoms with E-state index >= 15 is 0 Å². The molecule has 0 spiro atoms. The van der Waals surface area contributed by atoms with Crippen LogP contribution in [0, 0.1) is 0 Å². The standard InChI is InChI=1S/C12H15F3O3S/c1-4-7-11(19-8-5-2,10(17)18-6-3)9(16)12(13,14)15/h4-5,7H,2,6,8H2,1,3H3/b7-4+. The summed E-state index contributed by atoms with van der Waals surface area (Å²) in [5.41, 5.74) is 0. The largest absolute Gasteiger partial charge is 0.464 e. The summed E-state index contributed by atoms with van der Waals surface area (Å²) in [6, 6.07) is 0. The molecular formula is C12H15F3O3S. The monoisotopic (exact) mass is 296 g/mol. The summed E-state index contributed by atoms with van der Waals surface area (Å²) >= 11 is 0.528. The highest BCUT2D eigenvalue weighted by molar-refractivity contribution is 8.02. The fourth-order valence-corrected chi connectivity index (χ4v) is 2.32. The molecule has 0 N–H and O–H groups in total. The highest BCUT2D eigenvalue weighted by Crippen LogP contribution is 2.36. The van der Waals surface area contributed by atoms with Gasteiger partial charge in [-0.05, 0) is 13.8 Å². The summed E-state index contributed by atoms with van der Waals surface area (Å²) in [5.74, 6) is -3.36. The molecular weight excluding hydrogens is 281 g/mol. The van der Waals surface area contributed by atoms with Gasteiger partial charge in [-0.1, -0.05) is 18.2 Å². The number of alkyl halides is 3. The predicted octanol–water partition coefficient (Wildman–Crippen LogP) is 2.92. The van der Waals surface area contributed by atoms with Crippen molar-refractivity contribution in [1.82, 2.24) is 0 Å². The molecule has 0 bridgehead atoms. The van der Waals surface area contributed by atoms with E-state index in [1.807, 2.05) is 0 Å². The maximum Gasteiger partial charge on any atom is 0.452 e. The van der Waals surface area contributed by atoms with Gasteiger partial charge in [-0.2, -0.15) is 13.2 Å². The van der Waals surface area contributed by atoms with Gasteiger partial charge in [-0.3, -0.25) is 4.79 Å². The molecule has 7 heteroatoms. The number of hydrogen-bond donors (Lipinski definition) is 0. The van der Waals surface area contributed by atoms with Crippen LogP contribution in [0.5, 0.6) is 0 Å². The van der Waals surface area contributed by atoms with Crippen LogP contribution in [0.1, 0.15) is 13.8 Å². The first kappa shape index (κ1) is 17.8. The fraction of sp³-hybridized carbons (Fsp3) is 0.500. The van der Waals surface area contributed by atoms with Crippen LogP contribution in [0.4, 0.5) is 13.2 Å². The third kappa shape index (κ3) is 4.41.